The second-order valence-corrected chi connectivity index (χ2v) is 5.87. The summed E-state index contributed by atoms with van der Waals surface area (Å²) in [6, 6.07) is 1.81. The van der Waals surface area contributed by atoms with E-state index in [1.165, 1.54) is 11.3 Å². The number of thiophene rings is 1. The zero-order valence-corrected chi connectivity index (χ0v) is 9.26. The molecule has 0 saturated carbocycles. The smallest absolute Gasteiger partial charge is 0.169 e. The van der Waals surface area contributed by atoms with Gasteiger partial charge in [0.15, 0.2) is 5.78 Å². The van der Waals surface area contributed by atoms with Crippen molar-refractivity contribution in [2.75, 3.05) is 0 Å². The lowest BCUT2D eigenvalue weighted by atomic mass is 9.76. The molecule has 0 atom stereocenters. The first-order chi connectivity index (χ1) is 6.00. The second-order valence-electron chi connectivity index (χ2n) is 4.10. The lowest BCUT2D eigenvalue weighted by molar-refractivity contribution is 0.0813. The molecule has 1 nitrogen and oxygen atoms in total. The van der Waals surface area contributed by atoms with Crippen LogP contribution in [0.3, 0.4) is 0 Å². The monoisotopic (exact) mass is 214 g/mol. The number of Topliss-reactive ketones (excluding diaryl/α,β-unsaturated/α-hetero) is 1. The van der Waals surface area contributed by atoms with Gasteiger partial charge in [0.2, 0.25) is 0 Å². The van der Waals surface area contributed by atoms with Crippen LogP contribution in [0.15, 0.2) is 6.07 Å². The van der Waals surface area contributed by atoms with Crippen molar-refractivity contribution in [3.8, 4) is 0 Å². The minimum atomic E-state index is -0.197. The Balaban J connectivity index is 2.51. The molecule has 0 spiro atoms. The SMILES string of the molecule is CC1(C)CCc2sc(Cl)cc2C1=O. The summed E-state index contributed by atoms with van der Waals surface area (Å²) in [5.41, 5.74) is 0.656. The molecule has 0 saturated heterocycles. The predicted molar refractivity (Wildman–Crippen MR) is 55.8 cm³/mol. The van der Waals surface area contributed by atoms with Gasteiger partial charge in [0, 0.05) is 15.9 Å². The number of rotatable bonds is 0. The molecule has 0 aliphatic heterocycles. The summed E-state index contributed by atoms with van der Waals surface area (Å²) >= 11 is 7.41. The Labute approximate surface area is 86.7 Å². The Morgan fingerprint density at radius 2 is 2.23 bits per heavy atom. The van der Waals surface area contributed by atoms with Gasteiger partial charge in [-0.15, -0.1) is 11.3 Å². The second kappa shape index (κ2) is 2.82. The van der Waals surface area contributed by atoms with Crippen LogP contribution in [0.25, 0.3) is 0 Å². The molecule has 70 valence electrons. The van der Waals surface area contributed by atoms with Crippen molar-refractivity contribution in [2.24, 2.45) is 5.41 Å². The van der Waals surface area contributed by atoms with Crippen molar-refractivity contribution >= 4 is 28.7 Å². The minimum absolute atomic E-state index is 0.197. The van der Waals surface area contributed by atoms with Gasteiger partial charge in [-0.1, -0.05) is 25.4 Å². The zero-order chi connectivity index (χ0) is 9.64. The highest BCUT2D eigenvalue weighted by Crippen LogP contribution is 2.39. The number of aryl methyl sites for hydroxylation is 1. The molecule has 1 aromatic rings. The van der Waals surface area contributed by atoms with E-state index in [-0.39, 0.29) is 11.2 Å². The topological polar surface area (TPSA) is 17.1 Å². The molecular weight excluding hydrogens is 204 g/mol. The Kier molecular flexibility index (Phi) is 2.00. The van der Waals surface area contributed by atoms with E-state index in [9.17, 15) is 4.79 Å². The van der Waals surface area contributed by atoms with Crippen molar-refractivity contribution in [2.45, 2.75) is 26.7 Å². The molecule has 3 heteroatoms. The standard InChI is InChI=1S/C10H11ClOS/c1-10(2)4-3-7-6(9(10)12)5-8(11)13-7/h5H,3-4H2,1-2H3. The summed E-state index contributed by atoms with van der Waals surface area (Å²) in [7, 11) is 0. The third kappa shape index (κ3) is 1.42. The highest BCUT2D eigenvalue weighted by atomic mass is 35.5. The summed E-state index contributed by atoms with van der Waals surface area (Å²) in [6.07, 6.45) is 1.93. The van der Waals surface area contributed by atoms with Gasteiger partial charge < -0.3 is 0 Å². The summed E-state index contributed by atoms with van der Waals surface area (Å²) in [5, 5.41) is 0. The summed E-state index contributed by atoms with van der Waals surface area (Å²) in [5.74, 6) is 0.247. The van der Waals surface area contributed by atoms with Crippen molar-refractivity contribution in [3.05, 3.63) is 20.8 Å². The Hall–Kier alpha value is -0.340. The van der Waals surface area contributed by atoms with Crippen molar-refractivity contribution in [1.82, 2.24) is 0 Å². The maximum absolute atomic E-state index is 11.9. The quantitative estimate of drug-likeness (QED) is 0.646. The molecule has 0 unspecified atom stereocenters. The first-order valence-corrected chi connectivity index (χ1v) is 5.53. The molecule has 1 heterocycles. The number of carbonyl (C=O) groups is 1. The van der Waals surface area contributed by atoms with E-state index in [2.05, 4.69) is 0 Å². The van der Waals surface area contributed by atoms with Gasteiger partial charge in [0.25, 0.3) is 0 Å². The number of halogens is 1. The van der Waals surface area contributed by atoms with Crippen LogP contribution in [0.2, 0.25) is 4.34 Å². The zero-order valence-electron chi connectivity index (χ0n) is 7.69. The maximum Gasteiger partial charge on any atom is 0.169 e. The van der Waals surface area contributed by atoms with Crippen LogP contribution in [-0.2, 0) is 6.42 Å². The fraction of sp³-hybridized carbons (Fsp3) is 0.500. The van der Waals surface area contributed by atoms with Crippen molar-refractivity contribution in [3.63, 3.8) is 0 Å². The average Bonchev–Trinajstić information content (AvgIpc) is 2.40. The molecule has 0 fully saturated rings. The predicted octanol–water partition coefficient (Wildman–Crippen LogP) is 3.56. The van der Waals surface area contributed by atoms with Gasteiger partial charge in [0.05, 0.1) is 4.34 Å². The van der Waals surface area contributed by atoms with Crippen molar-refractivity contribution in [1.29, 1.82) is 0 Å². The molecule has 0 amide bonds. The van der Waals surface area contributed by atoms with Crippen LogP contribution in [0.1, 0.15) is 35.5 Å². The fourth-order valence-corrected chi connectivity index (χ4v) is 2.94. The lowest BCUT2D eigenvalue weighted by Crippen LogP contribution is -2.29. The summed E-state index contributed by atoms with van der Waals surface area (Å²) in [4.78, 5) is 13.1. The highest BCUT2D eigenvalue weighted by Gasteiger charge is 2.35. The average molecular weight is 215 g/mol. The first-order valence-electron chi connectivity index (χ1n) is 4.34. The van der Waals surface area contributed by atoms with Crippen molar-refractivity contribution < 1.29 is 4.79 Å². The number of ketones is 1. The van der Waals surface area contributed by atoms with Crippen LogP contribution >= 0.6 is 22.9 Å². The molecular formula is C10H11ClOS. The molecule has 1 aromatic heterocycles. The van der Waals surface area contributed by atoms with Gasteiger partial charge >= 0.3 is 0 Å². The number of hydrogen-bond donors (Lipinski definition) is 0. The molecule has 0 bridgehead atoms. The minimum Gasteiger partial charge on any atom is -0.294 e. The molecule has 1 aliphatic rings. The molecule has 0 N–H and O–H groups in total. The number of hydrogen-bond acceptors (Lipinski definition) is 2. The van der Waals surface area contributed by atoms with E-state index in [0.717, 1.165) is 27.6 Å². The summed E-state index contributed by atoms with van der Waals surface area (Å²) in [6.45, 7) is 4.01. The Morgan fingerprint density at radius 1 is 1.54 bits per heavy atom. The van der Waals surface area contributed by atoms with Gasteiger partial charge in [0.1, 0.15) is 0 Å². The Morgan fingerprint density at radius 3 is 2.92 bits per heavy atom. The maximum atomic E-state index is 11.9. The highest BCUT2D eigenvalue weighted by molar-refractivity contribution is 7.16. The first kappa shape index (κ1) is 9.22. The normalized spacial score (nSPS) is 20.1. The number of fused-ring (bicyclic) bond motifs is 1. The van der Waals surface area contributed by atoms with Crippen LogP contribution in [-0.4, -0.2) is 5.78 Å². The largest absolute Gasteiger partial charge is 0.294 e. The molecule has 13 heavy (non-hydrogen) atoms. The van der Waals surface area contributed by atoms with E-state index < -0.39 is 0 Å². The molecule has 2 rings (SSSR count). The van der Waals surface area contributed by atoms with Crippen LogP contribution in [0, 0.1) is 5.41 Å². The Bertz CT molecular complexity index is 365. The summed E-state index contributed by atoms with van der Waals surface area (Å²) < 4.78 is 0.732. The van der Waals surface area contributed by atoms with Crippen LogP contribution in [0.5, 0.6) is 0 Å². The molecule has 0 aromatic carbocycles. The van der Waals surface area contributed by atoms with Gasteiger partial charge in [-0.25, -0.2) is 0 Å². The van der Waals surface area contributed by atoms with E-state index in [1.807, 2.05) is 19.9 Å². The van der Waals surface area contributed by atoms with Crippen LogP contribution < -0.4 is 0 Å². The lowest BCUT2D eigenvalue weighted by Gasteiger charge is -2.27. The molecule has 0 radical (unpaired) electrons. The molecule has 1 aliphatic carbocycles. The van der Waals surface area contributed by atoms with Gasteiger partial charge in [-0.3, -0.25) is 4.79 Å². The fourth-order valence-electron chi connectivity index (χ4n) is 1.68. The van der Waals surface area contributed by atoms with E-state index in [4.69, 9.17) is 11.6 Å². The van der Waals surface area contributed by atoms with Gasteiger partial charge in [-0.2, -0.15) is 0 Å². The van der Waals surface area contributed by atoms with E-state index >= 15 is 0 Å². The third-order valence-corrected chi connectivity index (χ3v) is 3.94. The van der Waals surface area contributed by atoms with Gasteiger partial charge in [-0.05, 0) is 18.9 Å². The number of carbonyl (C=O) groups excluding carboxylic acids is 1. The van der Waals surface area contributed by atoms with E-state index in [1.54, 1.807) is 0 Å². The van der Waals surface area contributed by atoms with E-state index in [0.29, 0.717) is 0 Å². The van der Waals surface area contributed by atoms with Crippen LogP contribution in [0.4, 0.5) is 0 Å². The third-order valence-electron chi connectivity index (χ3n) is 2.62.